The molecule has 0 saturated heterocycles. The topological polar surface area (TPSA) is 66.0 Å². The fraction of sp³-hybridized carbons (Fsp3) is 0.286. The smallest absolute Gasteiger partial charge is 0.225 e. The first-order valence-corrected chi connectivity index (χ1v) is 5.73. The van der Waals surface area contributed by atoms with Crippen molar-refractivity contribution in [1.82, 2.24) is 5.32 Å². The van der Waals surface area contributed by atoms with Crippen LogP contribution in [0.5, 0.6) is 0 Å². The number of rotatable bonds is 3. The standard InChI is InChI=1S/C14H14N2O2/c1-9-3-4-12-11(7-13(17)16-6-5-15)8-18-14(12)10(9)2/h3-4,8H,6-7H2,1-2H3,(H,16,17). The summed E-state index contributed by atoms with van der Waals surface area (Å²) < 4.78 is 5.52. The van der Waals surface area contributed by atoms with Crippen LogP contribution in [-0.2, 0) is 11.2 Å². The van der Waals surface area contributed by atoms with Gasteiger partial charge in [-0.2, -0.15) is 5.26 Å². The van der Waals surface area contributed by atoms with Gasteiger partial charge in [-0.3, -0.25) is 4.79 Å². The molecule has 1 amide bonds. The fourth-order valence-corrected chi connectivity index (χ4v) is 1.90. The molecule has 1 aromatic carbocycles. The van der Waals surface area contributed by atoms with Gasteiger partial charge in [-0.25, -0.2) is 0 Å². The van der Waals surface area contributed by atoms with Crippen molar-refractivity contribution in [2.24, 2.45) is 0 Å². The molecule has 0 saturated carbocycles. The molecule has 0 aliphatic heterocycles. The van der Waals surface area contributed by atoms with Crippen LogP contribution in [0.15, 0.2) is 22.8 Å². The zero-order valence-corrected chi connectivity index (χ0v) is 10.4. The van der Waals surface area contributed by atoms with E-state index in [-0.39, 0.29) is 18.9 Å². The lowest BCUT2D eigenvalue weighted by Crippen LogP contribution is -2.25. The van der Waals surface area contributed by atoms with E-state index in [0.29, 0.717) is 0 Å². The molecule has 1 N–H and O–H groups in total. The van der Waals surface area contributed by atoms with Crippen LogP contribution in [0.1, 0.15) is 16.7 Å². The van der Waals surface area contributed by atoms with Crippen molar-refractivity contribution < 1.29 is 9.21 Å². The third kappa shape index (κ3) is 2.21. The summed E-state index contributed by atoms with van der Waals surface area (Å²) in [6.45, 7) is 4.06. The van der Waals surface area contributed by atoms with Gasteiger partial charge in [0.1, 0.15) is 12.1 Å². The second-order valence-corrected chi connectivity index (χ2v) is 4.26. The van der Waals surface area contributed by atoms with Crippen LogP contribution in [0, 0.1) is 25.2 Å². The maximum Gasteiger partial charge on any atom is 0.225 e. The summed E-state index contributed by atoms with van der Waals surface area (Å²) >= 11 is 0. The number of benzene rings is 1. The number of amides is 1. The minimum Gasteiger partial charge on any atom is -0.464 e. The predicted molar refractivity (Wildman–Crippen MR) is 68.0 cm³/mol. The number of fused-ring (bicyclic) bond motifs is 1. The molecule has 18 heavy (non-hydrogen) atoms. The number of nitrogens with zero attached hydrogens (tertiary/aromatic N) is 1. The van der Waals surface area contributed by atoms with Gasteiger partial charge in [-0.1, -0.05) is 12.1 Å². The van der Waals surface area contributed by atoms with Crippen LogP contribution < -0.4 is 5.32 Å². The Balaban J connectivity index is 2.28. The van der Waals surface area contributed by atoms with E-state index in [1.807, 2.05) is 32.0 Å². The largest absolute Gasteiger partial charge is 0.464 e. The summed E-state index contributed by atoms with van der Waals surface area (Å²) in [5.74, 6) is -0.169. The van der Waals surface area contributed by atoms with E-state index in [4.69, 9.17) is 9.68 Å². The highest BCUT2D eigenvalue weighted by Gasteiger charge is 2.12. The molecule has 0 aliphatic carbocycles. The molecule has 2 aromatic rings. The number of nitrogens with one attached hydrogen (secondary N) is 1. The Bertz CT molecular complexity index is 635. The molecule has 92 valence electrons. The van der Waals surface area contributed by atoms with E-state index < -0.39 is 0 Å². The molecule has 0 aliphatic rings. The molecular formula is C14H14N2O2. The van der Waals surface area contributed by atoms with E-state index in [2.05, 4.69) is 5.32 Å². The van der Waals surface area contributed by atoms with Gasteiger partial charge in [-0.15, -0.1) is 0 Å². The number of nitriles is 1. The average Bonchev–Trinajstić information content (AvgIpc) is 2.75. The number of hydrogen-bond acceptors (Lipinski definition) is 3. The summed E-state index contributed by atoms with van der Waals surface area (Å²) in [6.07, 6.45) is 1.85. The average molecular weight is 242 g/mol. The van der Waals surface area contributed by atoms with Gasteiger partial charge in [0.2, 0.25) is 5.91 Å². The van der Waals surface area contributed by atoms with E-state index in [1.54, 1.807) is 6.26 Å². The second-order valence-electron chi connectivity index (χ2n) is 4.26. The zero-order chi connectivity index (χ0) is 13.1. The Morgan fingerprint density at radius 1 is 1.44 bits per heavy atom. The lowest BCUT2D eigenvalue weighted by molar-refractivity contribution is -0.120. The molecular weight excluding hydrogens is 228 g/mol. The maximum atomic E-state index is 11.6. The lowest BCUT2D eigenvalue weighted by atomic mass is 10.0. The van der Waals surface area contributed by atoms with Crippen molar-refractivity contribution >= 4 is 16.9 Å². The van der Waals surface area contributed by atoms with Gasteiger partial charge >= 0.3 is 0 Å². The van der Waals surface area contributed by atoms with Crippen LogP contribution >= 0.6 is 0 Å². The van der Waals surface area contributed by atoms with Gasteiger partial charge < -0.3 is 9.73 Å². The van der Waals surface area contributed by atoms with Crippen molar-refractivity contribution in [3.05, 3.63) is 35.1 Å². The molecule has 0 bridgehead atoms. The van der Waals surface area contributed by atoms with Crippen molar-refractivity contribution in [3.63, 3.8) is 0 Å². The molecule has 4 heteroatoms. The number of furan rings is 1. The van der Waals surface area contributed by atoms with Crippen LogP contribution in [0.2, 0.25) is 0 Å². The number of aryl methyl sites for hydroxylation is 2. The van der Waals surface area contributed by atoms with Crippen LogP contribution in [-0.4, -0.2) is 12.5 Å². The number of hydrogen-bond donors (Lipinski definition) is 1. The van der Waals surface area contributed by atoms with Gasteiger partial charge in [0.25, 0.3) is 0 Å². The van der Waals surface area contributed by atoms with Crippen molar-refractivity contribution in [2.75, 3.05) is 6.54 Å². The zero-order valence-electron chi connectivity index (χ0n) is 10.4. The van der Waals surface area contributed by atoms with Crippen molar-refractivity contribution in [2.45, 2.75) is 20.3 Å². The molecule has 0 spiro atoms. The Kier molecular flexibility index (Phi) is 3.33. The van der Waals surface area contributed by atoms with Gasteiger partial charge in [-0.05, 0) is 25.0 Å². The molecule has 2 rings (SSSR count). The molecule has 1 heterocycles. The summed E-state index contributed by atoms with van der Waals surface area (Å²) in [4.78, 5) is 11.6. The van der Waals surface area contributed by atoms with Crippen molar-refractivity contribution in [1.29, 1.82) is 5.26 Å². The Labute approximate surface area is 105 Å². The highest BCUT2D eigenvalue weighted by Crippen LogP contribution is 2.26. The summed E-state index contributed by atoms with van der Waals surface area (Å²) in [6, 6.07) is 5.86. The van der Waals surface area contributed by atoms with E-state index in [9.17, 15) is 4.79 Å². The molecule has 4 nitrogen and oxygen atoms in total. The summed E-state index contributed by atoms with van der Waals surface area (Å²) in [5.41, 5.74) is 3.94. The molecule has 0 radical (unpaired) electrons. The molecule has 0 atom stereocenters. The molecule has 0 fully saturated rings. The summed E-state index contributed by atoms with van der Waals surface area (Å²) in [7, 11) is 0. The van der Waals surface area contributed by atoms with Crippen LogP contribution in [0.4, 0.5) is 0 Å². The minimum absolute atomic E-state index is 0.0345. The van der Waals surface area contributed by atoms with Gasteiger partial charge in [0, 0.05) is 10.9 Å². The van der Waals surface area contributed by atoms with E-state index >= 15 is 0 Å². The first-order chi connectivity index (χ1) is 8.63. The van der Waals surface area contributed by atoms with E-state index in [0.717, 1.165) is 27.7 Å². The third-order valence-corrected chi connectivity index (χ3v) is 3.06. The molecule has 0 unspecified atom stereocenters. The lowest BCUT2D eigenvalue weighted by Gasteiger charge is -2.01. The highest BCUT2D eigenvalue weighted by atomic mass is 16.3. The fourth-order valence-electron chi connectivity index (χ4n) is 1.90. The quantitative estimate of drug-likeness (QED) is 0.839. The van der Waals surface area contributed by atoms with E-state index in [1.165, 1.54) is 0 Å². The van der Waals surface area contributed by atoms with Crippen LogP contribution in [0.25, 0.3) is 11.0 Å². The Morgan fingerprint density at radius 3 is 2.94 bits per heavy atom. The SMILES string of the molecule is Cc1ccc2c(CC(=O)NCC#N)coc2c1C. The minimum atomic E-state index is -0.169. The maximum absolute atomic E-state index is 11.6. The summed E-state index contributed by atoms with van der Waals surface area (Å²) in [5, 5.41) is 11.9. The number of carbonyl (C=O) groups excluding carboxylic acids is 1. The monoisotopic (exact) mass is 242 g/mol. The second kappa shape index (κ2) is 4.92. The third-order valence-electron chi connectivity index (χ3n) is 3.06. The first-order valence-electron chi connectivity index (χ1n) is 5.73. The predicted octanol–water partition coefficient (Wildman–Crippen LogP) is 2.23. The highest BCUT2D eigenvalue weighted by molar-refractivity contribution is 5.89. The van der Waals surface area contributed by atoms with Gasteiger partial charge in [0.05, 0.1) is 18.8 Å². The Hall–Kier alpha value is -2.28. The Morgan fingerprint density at radius 2 is 2.22 bits per heavy atom. The normalized spacial score (nSPS) is 10.3. The molecule has 1 aromatic heterocycles. The van der Waals surface area contributed by atoms with Crippen LogP contribution in [0.3, 0.4) is 0 Å². The van der Waals surface area contributed by atoms with Gasteiger partial charge in [0.15, 0.2) is 0 Å². The number of carbonyl (C=O) groups is 1. The van der Waals surface area contributed by atoms with Crippen molar-refractivity contribution in [3.8, 4) is 6.07 Å². The first kappa shape index (κ1) is 12.2.